The van der Waals surface area contributed by atoms with Crippen LogP contribution in [-0.2, 0) is 24.2 Å². The van der Waals surface area contributed by atoms with E-state index in [1.54, 1.807) is 11.6 Å². The van der Waals surface area contributed by atoms with Crippen LogP contribution in [0.1, 0.15) is 47.2 Å². The van der Waals surface area contributed by atoms with Gasteiger partial charge in [-0.2, -0.15) is 0 Å². The number of fused-ring (bicyclic) bond motifs is 2. The number of aromatic amines is 1. The van der Waals surface area contributed by atoms with Gasteiger partial charge in [0.1, 0.15) is 0 Å². The molecule has 1 aromatic heterocycles. The van der Waals surface area contributed by atoms with Crippen LogP contribution in [0.15, 0.2) is 79.0 Å². The van der Waals surface area contributed by atoms with Gasteiger partial charge in [0.2, 0.25) is 0 Å². The lowest BCUT2D eigenvalue weighted by Crippen LogP contribution is -2.29. The SMILES string of the molecule is CCNC(=O)Nc1ccc(CN(CCc2c[nH]c3ccccc23)C2CCc3cc(C=CC(=O)NO)ccc32)cc1. The molecular weight excluding hydrogens is 502 g/mol. The summed E-state index contributed by atoms with van der Waals surface area (Å²) in [5.74, 6) is -0.547. The highest BCUT2D eigenvalue weighted by Gasteiger charge is 2.28. The number of carbonyl (C=O) groups is 2. The maximum atomic E-state index is 11.9. The lowest BCUT2D eigenvalue weighted by atomic mass is 10.0. The van der Waals surface area contributed by atoms with Crippen molar-refractivity contribution in [3.05, 3.63) is 107 Å². The average Bonchev–Trinajstić information content (AvgIpc) is 3.59. The minimum absolute atomic E-state index is 0.204. The fourth-order valence-electron chi connectivity index (χ4n) is 5.52. The van der Waals surface area contributed by atoms with Crippen LogP contribution in [-0.4, -0.2) is 40.1 Å². The number of carbonyl (C=O) groups excluding carboxylic acids is 2. The van der Waals surface area contributed by atoms with Crippen molar-refractivity contribution in [1.29, 1.82) is 0 Å². The molecule has 8 heteroatoms. The van der Waals surface area contributed by atoms with E-state index < -0.39 is 5.91 Å². The number of urea groups is 1. The number of para-hydroxylation sites is 1. The second-order valence-corrected chi connectivity index (χ2v) is 10.1. The number of nitrogens with one attached hydrogen (secondary N) is 4. The van der Waals surface area contributed by atoms with Crippen molar-refractivity contribution in [3.8, 4) is 0 Å². The van der Waals surface area contributed by atoms with Gasteiger partial charge in [-0.1, -0.05) is 48.5 Å². The molecule has 4 aromatic rings. The van der Waals surface area contributed by atoms with E-state index in [0.29, 0.717) is 6.54 Å². The van der Waals surface area contributed by atoms with Crippen molar-refractivity contribution in [2.24, 2.45) is 0 Å². The molecule has 3 aromatic carbocycles. The van der Waals surface area contributed by atoms with Crippen molar-refractivity contribution >= 4 is 34.6 Å². The fourth-order valence-corrected chi connectivity index (χ4v) is 5.52. The predicted octanol–water partition coefficient (Wildman–Crippen LogP) is 5.56. The van der Waals surface area contributed by atoms with E-state index >= 15 is 0 Å². The first kappa shape index (κ1) is 27.2. The number of amides is 3. The number of aromatic nitrogens is 1. The topological polar surface area (TPSA) is 109 Å². The Morgan fingerprint density at radius 3 is 2.73 bits per heavy atom. The van der Waals surface area contributed by atoms with Crippen LogP contribution < -0.4 is 16.1 Å². The number of H-pyrrole nitrogens is 1. The van der Waals surface area contributed by atoms with Gasteiger partial charge in [0.25, 0.3) is 5.91 Å². The third-order valence-electron chi connectivity index (χ3n) is 7.47. The van der Waals surface area contributed by atoms with E-state index in [1.165, 1.54) is 33.7 Å². The molecule has 40 heavy (non-hydrogen) atoms. The maximum Gasteiger partial charge on any atom is 0.319 e. The van der Waals surface area contributed by atoms with Crippen molar-refractivity contribution in [1.82, 2.24) is 20.7 Å². The van der Waals surface area contributed by atoms with Crippen LogP contribution >= 0.6 is 0 Å². The summed E-state index contributed by atoms with van der Waals surface area (Å²) in [6.07, 6.45) is 8.06. The van der Waals surface area contributed by atoms with Crippen molar-refractivity contribution < 1.29 is 14.8 Å². The molecule has 5 N–H and O–H groups in total. The molecule has 0 bridgehead atoms. The van der Waals surface area contributed by atoms with Crippen molar-refractivity contribution in [2.75, 3.05) is 18.4 Å². The van der Waals surface area contributed by atoms with Gasteiger partial charge in [-0.3, -0.25) is 14.9 Å². The Morgan fingerprint density at radius 2 is 1.93 bits per heavy atom. The van der Waals surface area contributed by atoms with Crippen molar-refractivity contribution in [3.63, 3.8) is 0 Å². The van der Waals surface area contributed by atoms with Gasteiger partial charge in [0.05, 0.1) is 0 Å². The molecule has 8 nitrogen and oxygen atoms in total. The van der Waals surface area contributed by atoms with Crippen LogP contribution in [0.25, 0.3) is 17.0 Å². The molecule has 0 saturated carbocycles. The quantitative estimate of drug-likeness (QED) is 0.104. The highest BCUT2D eigenvalue weighted by atomic mass is 16.5. The normalized spacial score (nSPS) is 14.5. The Morgan fingerprint density at radius 1 is 1.10 bits per heavy atom. The Labute approximate surface area is 234 Å². The van der Waals surface area contributed by atoms with Crippen LogP contribution in [0.4, 0.5) is 10.5 Å². The predicted molar refractivity (Wildman–Crippen MR) is 158 cm³/mol. The number of aryl methyl sites for hydroxylation is 1. The monoisotopic (exact) mass is 537 g/mol. The first-order chi connectivity index (χ1) is 19.5. The molecule has 0 fully saturated rings. The minimum atomic E-state index is -0.547. The van der Waals surface area contributed by atoms with Gasteiger partial charge in [0.15, 0.2) is 0 Å². The van der Waals surface area contributed by atoms with E-state index in [4.69, 9.17) is 5.21 Å². The number of hydroxylamine groups is 1. The van der Waals surface area contributed by atoms with Gasteiger partial charge in [0, 0.05) is 54.5 Å². The Balaban J connectivity index is 1.36. The third-order valence-corrected chi connectivity index (χ3v) is 7.47. The molecule has 1 atom stereocenters. The third kappa shape index (κ3) is 6.42. The molecule has 1 unspecified atom stereocenters. The maximum absolute atomic E-state index is 11.9. The summed E-state index contributed by atoms with van der Waals surface area (Å²) in [6, 6.07) is 22.9. The summed E-state index contributed by atoms with van der Waals surface area (Å²) in [6.45, 7) is 4.14. The molecule has 0 saturated heterocycles. The number of anilines is 1. The van der Waals surface area contributed by atoms with E-state index in [9.17, 15) is 9.59 Å². The van der Waals surface area contributed by atoms with E-state index in [1.807, 2.05) is 25.1 Å². The number of hydrogen-bond acceptors (Lipinski definition) is 4. The Bertz CT molecular complexity index is 1510. The molecule has 5 rings (SSSR count). The standard InChI is InChI=1S/C32H35N5O3/c1-2-33-32(39)35-26-12-7-23(8-13-26)21-37(18-17-25-20-34-29-6-4-3-5-27(25)29)30-15-11-24-19-22(9-14-28(24)30)10-16-31(38)36-40/h3-10,12-14,16,19-20,30,34,40H,2,11,15,17-18,21H2,1H3,(H,36,38)(H2,33,35,39). The highest BCUT2D eigenvalue weighted by molar-refractivity contribution is 5.91. The first-order valence-corrected chi connectivity index (χ1v) is 13.7. The summed E-state index contributed by atoms with van der Waals surface area (Å²) in [7, 11) is 0. The molecule has 1 aliphatic rings. The lowest BCUT2D eigenvalue weighted by Gasteiger charge is -2.30. The summed E-state index contributed by atoms with van der Waals surface area (Å²) < 4.78 is 0. The number of hydrogen-bond donors (Lipinski definition) is 5. The molecule has 3 amide bonds. The van der Waals surface area contributed by atoms with Gasteiger partial charge in [-0.25, -0.2) is 10.3 Å². The molecule has 0 spiro atoms. The molecule has 206 valence electrons. The zero-order chi connectivity index (χ0) is 27.9. The van der Waals surface area contributed by atoms with Crippen LogP contribution in [0.3, 0.4) is 0 Å². The summed E-state index contributed by atoms with van der Waals surface area (Å²) >= 11 is 0. The van der Waals surface area contributed by atoms with Crippen LogP contribution in [0.2, 0.25) is 0 Å². The van der Waals surface area contributed by atoms with E-state index in [-0.39, 0.29) is 12.1 Å². The van der Waals surface area contributed by atoms with E-state index in [2.05, 4.69) is 75.2 Å². The van der Waals surface area contributed by atoms with Gasteiger partial charge < -0.3 is 15.6 Å². The zero-order valence-electron chi connectivity index (χ0n) is 22.6. The van der Waals surface area contributed by atoms with Gasteiger partial charge in [-0.05, 0) is 78.3 Å². The number of rotatable bonds is 10. The van der Waals surface area contributed by atoms with Crippen molar-refractivity contribution in [2.45, 2.75) is 38.8 Å². The summed E-state index contributed by atoms with van der Waals surface area (Å²) in [4.78, 5) is 29.3. The Hall–Kier alpha value is -4.40. The average molecular weight is 538 g/mol. The minimum Gasteiger partial charge on any atom is -0.361 e. The second-order valence-electron chi connectivity index (χ2n) is 10.1. The molecule has 0 aliphatic heterocycles. The number of benzene rings is 3. The van der Waals surface area contributed by atoms with Crippen LogP contribution in [0, 0.1) is 0 Å². The summed E-state index contributed by atoms with van der Waals surface area (Å²) in [5.41, 5.74) is 9.58. The second kappa shape index (κ2) is 12.6. The molecule has 0 radical (unpaired) electrons. The lowest BCUT2D eigenvalue weighted by molar-refractivity contribution is -0.124. The fraction of sp³-hybridized carbons (Fsp3) is 0.250. The smallest absolute Gasteiger partial charge is 0.319 e. The summed E-state index contributed by atoms with van der Waals surface area (Å²) in [5, 5.41) is 15.6. The zero-order valence-corrected chi connectivity index (χ0v) is 22.6. The number of nitrogens with zero attached hydrogens (tertiary/aromatic N) is 1. The molecule has 1 aliphatic carbocycles. The van der Waals surface area contributed by atoms with E-state index in [0.717, 1.165) is 49.1 Å². The highest BCUT2D eigenvalue weighted by Crippen LogP contribution is 2.37. The van der Waals surface area contributed by atoms with Gasteiger partial charge in [-0.15, -0.1) is 0 Å². The van der Waals surface area contributed by atoms with Crippen LogP contribution in [0.5, 0.6) is 0 Å². The van der Waals surface area contributed by atoms with Gasteiger partial charge >= 0.3 is 6.03 Å². The molecule has 1 heterocycles. The Kier molecular flexibility index (Phi) is 8.59. The molecular formula is C32H35N5O3. The largest absolute Gasteiger partial charge is 0.361 e. The first-order valence-electron chi connectivity index (χ1n) is 13.7.